The van der Waals surface area contributed by atoms with Crippen LogP contribution in [0.3, 0.4) is 0 Å². The van der Waals surface area contributed by atoms with Gasteiger partial charge in [0.05, 0.1) is 0 Å². The van der Waals surface area contributed by atoms with E-state index in [1.165, 1.54) is 11.1 Å². The highest BCUT2D eigenvalue weighted by molar-refractivity contribution is 14.1. The van der Waals surface area contributed by atoms with E-state index >= 15 is 0 Å². The molecule has 0 saturated heterocycles. The zero-order valence-corrected chi connectivity index (χ0v) is 14.5. The molecule has 2 unspecified atom stereocenters. The molecule has 0 heterocycles. The van der Waals surface area contributed by atoms with Gasteiger partial charge in [-0.1, -0.05) is 66.3 Å². The van der Waals surface area contributed by atoms with E-state index in [1.807, 2.05) is 30.4 Å². The largest absolute Gasteiger partial charge is 0.209 e. The van der Waals surface area contributed by atoms with Gasteiger partial charge in [-0.3, -0.25) is 0 Å². The summed E-state index contributed by atoms with van der Waals surface area (Å²) in [5.74, 6) is 0.0338. The number of hydrogen-bond acceptors (Lipinski definition) is 2. The van der Waals surface area contributed by atoms with Crippen molar-refractivity contribution in [2.24, 2.45) is 5.11 Å². The highest BCUT2D eigenvalue weighted by Crippen LogP contribution is 2.46. The van der Waals surface area contributed by atoms with E-state index in [4.69, 9.17) is 5.53 Å². The minimum absolute atomic E-state index is 0.0338. The summed E-state index contributed by atoms with van der Waals surface area (Å²) < 4.78 is 1.13. The average molecular weight is 400 g/mol. The maximum Gasteiger partial charge on any atom is 0.136 e. The summed E-state index contributed by atoms with van der Waals surface area (Å²) in [7, 11) is 0. The molecule has 2 aromatic carbocycles. The Bertz CT molecular complexity index is 746. The van der Waals surface area contributed by atoms with Gasteiger partial charge in [-0.2, -0.15) is 5.11 Å². The minimum atomic E-state index is -0.665. The van der Waals surface area contributed by atoms with Gasteiger partial charge >= 0.3 is 0 Å². The summed E-state index contributed by atoms with van der Waals surface area (Å²) in [6.07, 6.45) is 8.23. The quantitative estimate of drug-likeness (QED) is 0.504. The van der Waals surface area contributed by atoms with Crippen molar-refractivity contribution in [3.05, 3.63) is 93.1 Å². The van der Waals surface area contributed by atoms with Gasteiger partial charge in [0.15, 0.2) is 0 Å². The predicted octanol–water partition coefficient (Wildman–Crippen LogP) is 5.74. The lowest BCUT2D eigenvalue weighted by Gasteiger charge is -2.35. The first-order valence-electron chi connectivity index (χ1n) is 7.23. The van der Waals surface area contributed by atoms with Crippen LogP contribution in [-0.2, 0) is 5.54 Å². The molecule has 0 radical (unpaired) electrons. The van der Waals surface area contributed by atoms with Crippen LogP contribution in [0.2, 0.25) is 0 Å². The fourth-order valence-corrected chi connectivity index (χ4v) is 3.80. The fourth-order valence-electron chi connectivity index (χ4n) is 2.98. The van der Waals surface area contributed by atoms with Crippen LogP contribution in [-0.4, -0.2) is 0 Å². The van der Waals surface area contributed by atoms with Crippen molar-refractivity contribution in [3.63, 3.8) is 0 Å². The lowest BCUT2D eigenvalue weighted by atomic mass is 9.73. The van der Waals surface area contributed by atoms with Crippen molar-refractivity contribution < 1.29 is 0 Å². The van der Waals surface area contributed by atoms with Crippen LogP contribution in [0.15, 0.2) is 77.9 Å². The zero-order chi connectivity index (χ0) is 15.6. The van der Waals surface area contributed by atoms with Crippen molar-refractivity contribution in [2.75, 3.05) is 0 Å². The second kappa shape index (κ2) is 6.16. The maximum absolute atomic E-state index is 7.94. The Morgan fingerprint density at radius 3 is 2.45 bits per heavy atom. The Labute approximate surface area is 144 Å². The molecule has 0 saturated carbocycles. The number of benzene rings is 2. The van der Waals surface area contributed by atoms with Crippen molar-refractivity contribution in [2.45, 2.75) is 18.4 Å². The zero-order valence-electron chi connectivity index (χ0n) is 12.3. The fraction of sp³-hybridized carbons (Fsp3) is 0.158. The van der Waals surface area contributed by atoms with Crippen LogP contribution < -0.4 is 0 Å². The number of allylic oxidation sites excluding steroid dienone is 2. The minimum Gasteiger partial charge on any atom is -0.209 e. The Balaban J connectivity index is 2.17. The highest BCUT2D eigenvalue weighted by Gasteiger charge is 2.40. The molecule has 2 nitrogen and oxygen atoms in total. The Kier molecular flexibility index (Phi) is 4.25. The summed E-state index contributed by atoms with van der Waals surface area (Å²) in [5.41, 5.74) is 10.8. The van der Waals surface area contributed by atoms with Gasteiger partial charge in [-0.05, 0) is 52.8 Å². The van der Waals surface area contributed by atoms with Crippen molar-refractivity contribution >= 4 is 22.6 Å². The molecule has 0 spiro atoms. The number of halogens is 1. The summed E-state index contributed by atoms with van der Waals surface area (Å²) in [4.78, 5) is 0. The molecule has 1 N–H and O–H groups in total. The molecule has 0 fully saturated rings. The SMILES string of the molecule is Cc1ccc(C2C=CC=CC2(N=N)c2ccccc2I)cc1. The number of hydrogen-bond donors (Lipinski definition) is 1. The molecule has 2 aromatic rings. The third-order valence-corrected chi connectivity index (χ3v) is 5.11. The third-order valence-electron chi connectivity index (χ3n) is 4.17. The van der Waals surface area contributed by atoms with Crippen molar-refractivity contribution in [1.29, 1.82) is 5.53 Å². The van der Waals surface area contributed by atoms with Crippen LogP contribution in [0.4, 0.5) is 0 Å². The molecule has 22 heavy (non-hydrogen) atoms. The van der Waals surface area contributed by atoms with Gasteiger partial charge in [-0.25, -0.2) is 5.53 Å². The number of nitrogens with zero attached hydrogens (tertiary/aromatic N) is 1. The molecule has 3 heteroatoms. The van der Waals surface area contributed by atoms with E-state index in [-0.39, 0.29) is 5.92 Å². The molecule has 110 valence electrons. The molecule has 2 atom stereocenters. The van der Waals surface area contributed by atoms with Crippen LogP contribution in [0.25, 0.3) is 0 Å². The first-order valence-corrected chi connectivity index (χ1v) is 8.31. The Morgan fingerprint density at radius 2 is 1.77 bits per heavy atom. The standard InChI is InChI=1S/C19H17IN2/c1-14-9-11-15(12-10-14)16-6-4-5-13-19(16,22-21)17-7-2-3-8-18(17)20/h2-13,16,21H,1H3. The summed E-state index contributed by atoms with van der Waals surface area (Å²) in [6.45, 7) is 2.09. The van der Waals surface area contributed by atoms with E-state index in [0.717, 1.165) is 9.13 Å². The van der Waals surface area contributed by atoms with Gasteiger partial charge in [0, 0.05) is 9.49 Å². The third kappa shape index (κ3) is 2.54. The molecular weight excluding hydrogens is 383 g/mol. The van der Waals surface area contributed by atoms with E-state index < -0.39 is 5.54 Å². The van der Waals surface area contributed by atoms with E-state index in [2.05, 4.69) is 77.1 Å². The van der Waals surface area contributed by atoms with Crippen LogP contribution in [0, 0.1) is 16.0 Å². The molecule has 1 aliphatic carbocycles. The Hall–Kier alpha value is -1.75. The van der Waals surface area contributed by atoms with Gasteiger partial charge in [0.1, 0.15) is 5.54 Å². The van der Waals surface area contributed by atoms with Crippen molar-refractivity contribution in [3.8, 4) is 0 Å². The summed E-state index contributed by atoms with van der Waals surface area (Å²) in [5, 5.41) is 4.10. The van der Waals surface area contributed by atoms with E-state index in [9.17, 15) is 0 Å². The number of nitrogens with one attached hydrogen (secondary N) is 1. The summed E-state index contributed by atoms with van der Waals surface area (Å²) >= 11 is 2.33. The van der Waals surface area contributed by atoms with Gasteiger partial charge in [0.25, 0.3) is 0 Å². The number of rotatable bonds is 3. The highest BCUT2D eigenvalue weighted by atomic mass is 127. The lowest BCUT2D eigenvalue weighted by molar-refractivity contribution is 0.462. The summed E-state index contributed by atoms with van der Waals surface area (Å²) in [6, 6.07) is 16.7. The number of aryl methyl sites for hydroxylation is 1. The molecule has 0 aliphatic heterocycles. The maximum atomic E-state index is 7.94. The monoisotopic (exact) mass is 400 g/mol. The molecule has 3 rings (SSSR count). The lowest BCUT2D eigenvalue weighted by Crippen LogP contribution is -2.30. The molecule has 0 bridgehead atoms. The molecule has 1 aliphatic rings. The van der Waals surface area contributed by atoms with Gasteiger partial charge in [-0.15, -0.1) is 0 Å². The average Bonchev–Trinajstić information content (AvgIpc) is 2.56. The molecule has 0 aromatic heterocycles. The van der Waals surface area contributed by atoms with Crippen LogP contribution in [0.1, 0.15) is 22.6 Å². The van der Waals surface area contributed by atoms with Crippen molar-refractivity contribution in [1.82, 2.24) is 0 Å². The predicted molar refractivity (Wildman–Crippen MR) is 98.2 cm³/mol. The smallest absolute Gasteiger partial charge is 0.136 e. The van der Waals surface area contributed by atoms with E-state index in [1.54, 1.807) is 0 Å². The topological polar surface area (TPSA) is 36.2 Å². The van der Waals surface area contributed by atoms with E-state index in [0.29, 0.717) is 0 Å². The van der Waals surface area contributed by atoms with Gasteiger partial charge < -0.3 is 0 Å². The normalized spacial score (nSPS) is 23.5. The van der Waals surface area contributed by atoms with Crippen LogP contribution in [0.5, 0.6) is 0 Å². The van der Waals surface area contributed by atoms with Crippen LogP contribution >= 0.6 is 22.6 Å². The molecule has 0 amide bonds. The first kappa shape index (κ1) is 15.2. The second-order valence-electron chi connectivity index (χ2n) is 5.55. The second-order valence-corrected chi connectivity index (χ2v) is 6.71. The Morgan fingerprint density at radius 1 is 1.05 bits per heavy atom. The molecular formula is C19H17IN2. The first-order chi connectivity index (χ1) is 10.7. The van der Waals surface area contributed by atoms with Gasteiger partial charge in [0.2, 0.25) is 0 Å².